The number of aromatic nitrogens is 3. The molecule has 0 aliphatic carbocycles. The van der Waals surface area contributed by atoms with Gasteiger partial charge in [0, 0.05) is 16.9 Å². The zero-order valence-electron chi connectivity index (χ0n) is 9.82. The summed E-state index contributed by atoms with van der Waals surface area (Å²) in [6.45, 7) is 4.07. The first-order valence-electron chi connectivity index (χ1n) is 5.29. The highest BCUT2D eigenvalue weighted by molar-refractivity contribution is 7.11. The molecule has 0 aliphatic rings. The molecule has 0 amide bonds. The lowest BCUT2D eigenvalue weighted by Gasteiger charge is -2.13. The largest absolute Gasteiger partial charge is 0.384 e. The van der Waals surface area contributed by atoms with Crippen LogP contribution in [0.4, 0.5) is 5.82 Å². The number of hydrogen-bond acceptors (Lipinski definition) is 6. The van der Waals surface area contributed by atoms with E-state index in [1.165, 1.54) is 4.88 Å². The third kappa shape index (κ3) is 2.46. The fraction of sp³-hybridized carbons (Fsp3) is 0.400. The normalized spacial score (nSPS) is 12.9. The van der Waals surface area contributed by atoms with Crippen LogP contribution in [-0.4, -0.2) is 15.2 Å². The zero-order chi connectivity index (χ0) is 12.4. The molecule has 0 fully saturated rings. The van der Waals surface area contributed by atoms with Crippen LogP contribution in [-0.2, 0) is 6.42 Å². The number of thiazole rings is 1. The molecule has 17 heavy (non-hydrogen) atoms. The van der Waals surface area contributed by atoms with Gasteiger partial charge in [-0.15, -0.1) is 11.3 Å². The van der Waals surface area contributed by atoms with Gasteiger partial charge >= 0.3 is 0 Å². The molecule has 6 N–H and O–H groups in total. The lowest BCUT2D eigenvalue weighted by Crippen LogP contribution is -2.29. The van der Waals surface area contributed by atoms with Crippen LogP contribution in [0.15, 0.2) is 6.20 Å². The van der Waals surface area contributed by atoms with Crippen LogP contribution in [0.1, 0.15) is 27.2 Å². The van der Waals surface area contributed by atoms with Crippen LogP contribution in [0.5, 0.6) is 0 Å². The highest BCUT2D eigenvalue weighted by Gasteiger charge is 2.17. The first kappa shape index (κ1) is 12.0. The number of nitrogens with zero attached hydrogens (tertiary/aromatic N) is 2. The van der Waals surface area contributed by atoms with Gasteiger partial charge in [0.1, 0.15) is 5.82 Å². The zero-order valence-corrected chi connectivity index (χ0v) is 10.6. The fourth-order valence-corrected chi connectivity index (χ4v) is 2.62. The first-order chi connectivity index (χ1) is 8.11. The molecule has 92 valence electrons. The van der Waals surface area contributed by atoms with Crippen LogP contribution < -0.4 is 17.0 Å². The van der Waals surface area contributed by atoms with E-state index < -0.39 is 0 Å². The van der Waals surface area contributed by atoms with E-state index in [2.05, 4.69) is 27.5 Å². The van der Waals surface area contributed by atoms with E-state index in [1.807, 2.05) is 6.92 Å². The Balaban J connectivity index is 2.18. The molecule has 0 bridgehead atoms. The van der Waals surface area contributed by atoms with E-state index in [-0.39, 0.29) is 6.04 Å². The molecule has 0 aliphatic heterocycles. The van der Waals surface area contributed by atoms with Gasteiger partial charge in [-0.1, -0.05) is 0 Å². The lowest BCUT2D eigenvalue weighted by molar-refractivity contribution is 0.552. The topological polar surface area (TPSA) is 106 Å². The maximum absolute atomic E-state index is 5.78. The van der Waals surface area contributed by atoms with Crippen molar-refractivity contribution in [3.63, 3.8) is 0 Å². The Kier molecular flexibility index (Phi) is 3.41. The van der Waals surface area contributed by atoms with E-state index in [0.717, 1.165) is 16.3 Å². The number of hydrazine groups is 1. The molecule has 2 rings (SSSR count). The molecule has 0 spiro atoms. The summed E-state index contributed by atoms with van der Waals surface area (Å²) >= 11 is 1.68. The Morgan fingerprint density at radius 2 is 2.29 bits per heavy atom. The SMILES string of the molecule is Cc1nc(CC(NN)c2cn[nH]c2N)sc1C. The number of rotatable bonds is 4. The summed E-state index contributed by atoms with van der Waals surface area (Å²) in [6.07, 6.45) is 2.40. The summed E-state index contributed by atoms with van der Waals surface area (Å²) in [5.41, 5.74) is 10.5. The second-order valence-corrected chi connectivity index (χ2v) is 5.20. The number of nitrogens with one attached hydrogen (secondary N) is 2. The fourth-order valence-electron chi connectivity index (χ4n) is 1.64. The number of anilines is 1. The Morgan fingerprint density at radius 3 is 2.76 bits per heavy atom. The van der Waals surface area contributed by atoms with Crippen molar-refractivity contribution >= 4 is 17.2 Å². The van der Waals surface area contributed by atoms with Gasteiger partial charge in [-0.3, -0.25) is 16.4 Å². The van der Waals surface area contributed by atoms with E-state index >= 15 is 0 Å². The Labute approximate surface area is 103 Å². The van der Waals surface area contributed by atoms with Crippen LogP contribution in [0.2, 0.25) is 0 Å². The van der Waals surface area contributed by atoms with Crippen molar-refractivity contribution in [3.8, 4) is 0 Å². The average molecular weight is 252 g/mol. The van der Waals surface area contributed by atoms with Crippen molar-refractivity contribution in [3.05, 3.63) is 27.3 Å². The van der Waals surface area contributed by atoms with Crippen LogP contribution >= 0.6 is 11.3 Å². The molecule has 1 unspecified atom stereocenters. The van der Waals surface area contributed by atoms with Gasteiger partial charge in [0.2, 0.25) is 0 Å². The maximum atomic E-state index is 5.78. The highest BCUT2D eigenvalue weighted by atomic mass is 32.1. The Bertz CT molecular complexity index is 483. The Hall–Kier alpha value is -1.44. The van der Waals surface area contributed by atoms with Gasteiger partial charge < -0.3 is 5.73 Å². The molecule has 2 aromatic heterocycles. The molecule has 0 aromatic carbocycles. The summed E-state index contributed by atoms with van der Waals surface area (Å²) in [4.78, 5) is 5.72. The minimum atomic E-state index is -0.0706. The number of nitrogen functional groups attached to an aromatic ring is 1. The number of aryl methyl sites for hydroxylation is 2. The first-order valence-corrected chi connectivity index (χ1v) is 6.11. The molecule has 1 atom stereocenters. The van der Waals surface area contributed by atoms with E-state index in [0.29, 0.717) is 12.2 Å². The number of hydrogen-bond donors (Lipinski definition) is 4. The van der Waals surface area contributed by atoms with Gasteiger partial charge in [-0.05, 0) is 13.8 Å². The average Bonchev–Trinajstić information content (AvgIpc) is 2.83. The smallest absolute Gasteiger partial charge is 0.123 e. The van der Waals surface area contributed by atoms with Gasteiger partial charge in [0.25, 0.3) is 0 Å². The second-order valence-electron chi connectivity index (χ2n) is 3.91. The monoisotopic (exact) mass is 252 g/mol. The molecule has 0 saturated carbocycles. The van der Waals surface area contributed by atoms with Crippen LogP contribution in [0.3, 0.4) is 0 Å². The van der Waals surface area contributed by atoms with Crippen LogP contribution in [0, 0.1) is 13.8 Å². The molecule has 2 aromatic rings. The summed E-state index contributed by atoms with van der Waals surface area (Å²) in [5, 5.41) is 7.64. The Morgan fingerprint density at radius 1 is 1.53 bits per heavy atom. The standard InChI is InChI=1S/C10H16N6S/c1-5-6(2)17-9(14-5)3-8(15-12)7-4-13-16-10(7)11/h4,8,15H,3,12H2,1-2H3,(H3,11,13,16). The van der Waals surface area contributed by atoms with E-state index in [9.17, 15) is 0 Å². The summed E-state index contributed by atoms with van der Waals surface area (Å²) in [5.74, 6) is 6.09. The van der Waals surface area contributed by atoms with E-state index in [4.69, 9.17) is 11.6 Å². The maximum Gasteiger partial charge on any atom is 0.123 e. The third-order valence-corrected chi connectivity index (χ3v) is 3.82. The minimum absolute atomic E-state index is 0.0706. The quantitative estimate of drug-likeness (QED) is 0.476. The molecular formula is C10H16N6S. The van der Waals surface area contributed by atoms with Crippen LogP contribution in [0.25, 0.3) is 0 Å². The van der Waals surface area contributed by atoms with E-state index in [1.54, 1.807) is 17.5 Å². The van der Waals surface area contributed by atoms with Crippen molar-refractivity contribution in [1.29, 1.82) is 0 Å². The number of nitrogens with two attached hydrogens (primary N) is 2. The van der Waals surface area contributed by atoms with Gasteiger partial charge in [-0.25, -0.2) is 4.98 Å². The van der Waals surface area contributed by atoms with Gasteiger partial charge in [0.15, 0.2) is 0 Å². The second kappa shape index (κ2) is 4.82. The molecule has 7 heteroatoms. The van der Waals surface area contributed by atoms with Gasteiger partial charge in [0.05, 0.1) is 22.9 Å². The predicted octanol–water partition coefficient (Wildman–Crippen LogP) is 0.812. The molecule has 0 radical (unpaired) electrons. The highest BCUT2D eigenvalue weighted by Crippen LogP contribution is 2.24. The minimum Gasteiger partial charge on any atom is -0.384 e. The molecule has 2 heterocycles. The van der Waals surface area contributed by atoms with Crippen molar-refractivity contribution in [1.82, 2.24) is 20.6 Å². The lowest BCUT2D eigenvalue weighted by atomic mass is 10.1. The molecule has 6 nitrogen and oxygen atoms in total. The number of H-pyrrole nitrogens is 1. The third-order valence-electron chi connectivity index (χ3n) is 2.73. The number of aromatic amines is 1. The predicted molar refractivity (Wildman–Crippen MR) is 68.4 cm³/mol. The summed E-state index contributed by atoms with van der Waals surface area (Å²) in [6, 6.07) is -0.0706. The van der Waals surface area contributed by atoms with Crippen molar-refractivity contribution in [2.75, 3.05) is 5.73 Å². The van der Waals surface area contributed by atoms with Gasteiger partial charge in [-0.2, -0.15) is 5.10 Å². The summed E-state index contributed by atoms with van der Waals surface area (Å²) in [7, 11) is 0. The molecule has 0 saturated heterocycles. The van der Waals surface area contributed by atoms with Crippen molar-refractivity contribution in [2.45, 2.75) is 26.3 Å². The summed E-state index contributed by atoms with van der Waals surface area (Å²) < 4.78 is 0. The van der Waals surface area contributed by atoms with Crippen molar-refractivity contribution < 1.29 is 0 Å². The molecular weight excluding hydrogens is 236 g/mol. The van der Waals surface area contributed by atoms with Crippen molar-refractivity contribution in [2.24, 2.45) is 5.84 Å².